The van der Waals surface area contributed by atoms with Crippen molar-refractivity contribution in [2.45, 2.75) is 64.0 Å². The Morgan fingerprint density at radius 1 is 1.13 bits per heavy atom. The van der Waals surface area contributed by atoms with Gasteiger partial charge in [-0.2, -0.15) is 0 Å². The van der Waals surface area contributed by atoms with Crippen LogP contribution in [-0.4, -0.2) is 16.6 Å². The third-order valence-corrected chi connectivity index (χ3v) is 4.46. The number of aryl methyl sites for hydroxylation is 1. The lowest BCUT2D eigenvalue weighted by Gasteiger charge is -2.20. The summed E-state index contributed by atoms with van der Waals surface area (Å²) in [4.78, 5) is 24.0. The van der Waals surface area contributed by atoms with E-state index in [4.69, 9.17) is 9.15 Å². The first-order chi connectivity index (χ1) is 11.2. The van der Waals surface area contributed by atoms with Crippen molar-refractivity contribution in [3.05, 3.63) is 34.8 Å². The summed E-state index contributed by atoms with van der Waals surface area (Å²) >= 11 is 0. The number of hydrogen-bond acceptors (Lipinski definition) is 4. The number of aromatic nitrogens is 1. The summed E-state index contributed by atoms with van der Waals surface area (Å²) in [5.41, 5.74) is 1.27. The second-order valence-electron chi connectivity index (χ2n) is 6.19. The standard InChI is InChI=1S/C18H23NO4/c20-17(22-14-8-4-2-1-3-5-9-14)12-13-19-15-10-6-7-11-16(15)23-18(19)21/h6-7,10-11,14H,1-5,8-9,12-13H2. The number of carbonyl (C=O) groups is 1. The van der Waals surface area contributed by atoms with Crippen LogP contribution in [0.2, 0.25) is 0 Å². The summed E-state index contributed by atoms with van der Waals surface area (Å²) < 4.78 is 12.3. The molecule has 5 nitrogen and oxygen atoms in total. The smallest absolute Gasteiger partial charge is 0.419 e. The second-order valence-corrected chi connectivity index (χ2v) is 6.19. The van der Waals surface area contributed by atoms with Crippen molar-refractivity contribution in [3.8, 4) is 0 Å². The molecule has 5 heteroatoms. The Labute approximate surface area is 135 Å². The van der Waals surface area contributed by atoms with Crippen molar-refractivity contribution < 1.29 is 13.9 Å². The lowest BCUT2D eigenvalue weighted by molar-refractivity contribution is -0.150. The molecular formula is C18H23NO4. The first kappa shape index (κ1) is 15.8. The Morgan fingerprint density at radius 3 is 2.61 bits per heavy atom. The number of carbonyl (C=O) groups excluding carboxylic acids is 1. The average Bonchev–Trinajstić information content (AvgIpc) is 2.83. The van der Waals surface area contributed by atoms with Gasteiger partial charge in [0.25, 0.3) is 0 Å². The van der Waals surface area contributed by atoms with Gasteiger partial charge in [-0.25, -0.2) is 4.79 Å². The molecule has 23 heavy (non-hydrogen) atoms. The highest BCUT2D eigenvalue weighted by Gasteiger charge is 2.17. The number of esters is 1. The van der Waals surface area contributed by atoms with E-state index in [1.807, 2.05) is 18.2 Å². The van der Waals surface area contributed by atoms with Gasteiger partial charge in [0.1, 0.15) is 6.10 Å². The fourth-order valence-electron chi connectivity index (χ4n) is 3.21. The molecule has 0 unspecified atom stereocenters. The van der Waals surface area contributed by atoms with Crippen LogP contribution in [0.5, 0.6) is 0 Å². The maximum absolute atomic E-state index is 12.1. The van der Waals surface area contributed by atoms with E-state index in [9.17, 15) is 9.59 Å². The fourth-order valence-corrected chi connectivity index (χ4v) is 3.21. The zero-order chi connectivity index (χ0) is 16.1. The van der Waals surface area contributed by atoms with E-state index < -0.39 is 5.76 Å². The molecule has 0 spiro atoms. The minimum atomic E-state index is -0.426. The van der Waals surface area contributed by atoms with Crippen LogP contribution in [0.3, 0.4) is 0 Å². The third kappa shape index (κ3) is 4.03. The second kappa shape index (κ2) is 7.49. The van der Waals surface area contributed by atoms with Crippen LogP contribution < -0.4 is 5.76 Å². The molecule has 0 bridgehead atoms. The Morgan fingerprint density at radius 2 is 1.83 bits per heavy atom. The van der Waals surface area contributed by atoms with Crippen LogP contribution in [0.4, 0.5) is 0 Å². The maximum atomic E-state index is 12.1. The van der Waals surface area contributed by atoms with Crippen LogP contribution in [0.25, 0.3) is 11.1 Å². The summed E-state index contributed by atoms with van der Waals surface area (Å²) in [6.07, 6.45) is 8.15. The molecule has 124 valence electrons. The fraction of sp³-hybridized carbons (Fsp3) is 0.556. The Bertz CT molecular complexity index is 707. The highest BCUT2D eigenvalue weighted by molar-refractivity contribution is 5.73. The van der Waals surface area contributed by atoms with Gasteiger partial charge in [0.15, 0.2) is 5.58 Å². The van der Waals surface area contributed by atoms with Gasteiger partial charge in [-0.05, 0) is 37.8 Å². The Balaban J connectivity index is 1.57. The SMILES string of the molecule is O=C(CCn1c(=O)oc2ccccc21)OC1CCCCCCC1. The summed E-state index contributed by atoms with van der Waals surface area (Å²) in [5, 5.41) is 0. The summed E-state index contributed by atoms with van der Waals surface area (Å²) in [6.45, 7) is 0.293. The van der Waals surface area contributed by atoms with E-state index in [-0.39, 0.29) is 18.5 Å². The lowest BCUT2D eigenvalue weighted by Crippen LogP contribution is -2.22. The zero-order valence-electron chi connectivity index (χ0n) is 13.3. The Hall–Kier alpha value is -2.04. The first-order valence-corrected chi connectivity index (χ1v) is 8.52. The van der Waals surface area contributed by atoms with Crippen molar-refractivity contribution in [2.24, 2.45) is 0 Å². The molecule has 1 aliphatic rings. The van der Waals surface area contributed by atoms with Crippen LogP contribution in [0.15, 0.2) is 33.5 Å². The number of rotatable bonds is 4. The average molecular weight is 317 g/mol. The molecule has 1 aromatic carbocycles. The van der Waals surface area contributed by atoms with E-state index >= 15 is 0 Å². The number of para-hydroxylation sites is 2. The van der Waals surface area contributed by atoms with Crippen molar-refractivity contribution in [3.63, 3.8) is 0 Å². The monoisotopic (exact) mass is 317 g/mol. The zero-order valence-corrected chi connectivity index (χ0v) is 13.3. The van der Waals surface area contributed by atoms with Crippen LogP contribution in [-0.2, 0) is 16.1 Å². The topological polar surface area (TPSA) is 61.4 Å². The van der Waals surface area contributed by atoms with E-state index in [1.165, 1.54) is 23.8 Å². The molecule has 3 rings (SSSR count). The largest absolute Gasteiger partial charge is 0.462 e. The highest BCUT2D eigenvalue weighted by Crippen LogP contribution is 2.20. The number of fused-ring (bicyclic) bond motifs is 1. The van der Waals surface area contributed by atoms with Crippen molar-refractivity contribution in [1.29, 1.82) is 0 Å². The first-order valence-electron chi connectivity index (χ1n) is 8.52. The Kier molecular flexibility index (Phi) is 5.16. The summed E-state index contributed by atoms with van der Waals surface area (Å²) in [5.74, 6) is -0.655. The predicted octanol–water partition coefficient (Wildman–Crippen LogP) is 3.64. The van der Waals surface area contributed by atoms with Gasteiger partial charge in [0.05, 0.1) is 11.9 Å². The molecule has 0 aliphatic heterocycles. The molecule has 1 fully saturated rings. The molecule has 1 aromatic heterocycles. The molecule has 0 amide bonds. The minimum Gasteiger partial charge on any atom is -0.462 e. The number of benzene rings is 1. The summed E-state index contributed by atoms with van der Waals surface area (Å²) in [6, 6.07) is 7.24. The van der Waals surface area contributed by atoms with Gasteiger partial charge in [-0.1, -0.05) is 31.4 Å². The molecule has 2 aromatic rings. The van der Waals surface area contributed by atoms with Crippen molar-refractivity contribution >= 4 is 17.1 Å². The molecule has 0 atom stereocenters. The molecule has 1 saturated carbocycles. The van der Waals surface area contributed by atoms with E-state index in [1.54, 1.807) is 6.07 Å². The third-order valence-electron chi connectivity index (χ3n) is 4.46. The quantitative estimate of drug-likeness (QED) is 0.808. The molecule has 0 saturated heterocycles. The molecule has 1 aliphatic carbocycles. The minimum absolute atomic E-state index is 0.0422. The molecule has 0 N–H and O–H groups in total. The van der Waals surface area contributed by atoms with Gasteiger partial charge in [0.2, 0.25) is 0 Å². The molecule has 1 heterocycles. The highest BCUT2D eigenvalue weighted by atomic mass is 16.5. The van der Waals surface area contributed by atoms with Crippen LogP contribution in [0, 0.1) is 0 Å². The molecule has 0 radical (unpaired) electrons. The number of hydrogen-bond donors (Lipinski definition) is 0. The van der Waals surface area contributed by atoms with Gasteiger partial charge >= 0.3 is 11.7 Å². The van der Waals surface area contributed by atoms with Crippen molar-refractivity contribution in [2.75, 3.05) is 0 Å². The van der Waals surface area contributed by atoms with Gasteiger partial charge < -0.3 is 9.15 Å². The number of ether oxygens (including phenoxy) is 1. The number of oxazole rings is 1. The van der Waals surface area contributed by atoms with Crippen LogP contribution >= 0.6 is 0 Å². The maximum Gasteiger partial charge on any atom is 0.419 e. The van der Waals surface area contributed by atoms with Crippen LogP contribution in [0.1, 0.15) is 51.4 Å². The van der Waals surface area contributed by atoms with Gasteiger partial charge in [-0.3, -0.25) is 9.36 Å². The van der Waals surface area contributed by atoms with E-state index in [0.29, 0.717) is 12.1 Å². The normalized spacial score (nSPS) is 16.9. The van der Waals surface area contributed by atoms with Crippen molar-refractivity contribution in [1.82, 2.24) is 4.57 Å². The van der Waals surface area contributed by atoms with Gasteiger partial charge in [0, 0.05) is 6.54 Å². The summed E-state index contributed by atoms with van der Waals surface area (Å²) in [7, 11) is 0. The van der Waals surface area contributed by atoms with Gasteiger partial charge in [-0.15, -0.1) is 0 Å². The lowest BCUT2D eigenvalue weighted by atomic mass is 9.98. The van der Waals surface area contributed by atoms with E-state index in [2.05, 4.69) is 0 Å². The molecular weight excluding hydrogens is 294 g/mol. The predicted molar refractivity (Wildman–Crippen MR) is 87.3 cm³/mol. The van der Waals surface area contributed by atoms with E-state index in [0.717, 1.165) is 31.2 Å². The number of nitrogens with zero attached hydrogens (tertiary/aromatic N) is 1.